The zero-order valence-electron chi connectivity index (χ0n) is 17.5. The number of rotatable bonds is 5. The number of carbonyl (C=O) groups is 1. The highest BCUT2D eigenvalue weighted by molar-refractivity contribution is 6.32. The summed E-state index contributed by atoms with van der Waals surface area (Å²) in [7, 11) is 0. The molecule has 0 bridgehead atoms. The Labute approximate surface area is 181 Å². The molecule has 2 heterocycles. The molecule has 1 aliphatic heterocycles. The van der Waals surface area contributed by atoms with Crippen LogP contribution in [0.1, 0.15) is 18.1 Å². The number of amidine groups is 1. The molecule has 0 atom stereocenters. The molecule has 0 saturated heterocycles. The minimum absolute atomic E-state index is 0.0708. The summed E-state index contributed by atoms with van der Waals surface area (Å²) in [6.07, 6.45) is 3.54. The van der Waals surface area contributed by atoms with Crippen LogP contribution in [0, 0.1) is 6.92 Å². The zero-order valence-corrected chi connectivity index (χ0v) is 17.5. The fraction of sp³-hybridized carbons (Fsp3) is 0.120. The number of aryl methyl sites for hydroxylation is 1. The zero-order chi connectivity index (χ0) is 22.0. The SMILES string of the molecule is C=C(C)CNC1=NN(c2ccccc2)C(=O)/C1=C/c1c(C)cn(-c2ccccc2)c1O. The van der Waals surface area contributed by atoms with E-state index in [9.17, 15) is 9.90 Å². The van der Waals surface area contributed by atoms with Crippen LogP contribution in [0.15, 0.2) is 89.7 Å². The number of anilines is 1. The summed E-state index contributed by atoms with van der Waals surface area (Å²) in [5.41, 5.74) is 4.24. The van der Waals surface area contributed by atoms with E-state index in [-0.39, 0.29) is 11.8 Å². The topological polar surface area (TPSA) is 69.9 Å². The molecule has 4 rings (SSSR count). The molecule has 31 heavy (non-hydrogen) atoms. The van der Waals surface area contributed by atoms with Crippen LogP contribution in [0.2, 0.25) is 0 Å². The lowest BCUT2D eigenvalue weighted by atomic mass is 10.1. The van der Waals surface area contributed by atoms with E-state index in [2.05, 4.69) is 17.0 Å². The van der Waals surface area contributed by atoms with Crippen molar-refractivity contribution in [2.45, 2.75) is 13.8 Å². The number of benzene rings is 2. The van der Waals surface area contributed by atoms with Gasteiger partial charge in [-0.1, -0.05) is 48.6 Å². The second-order valence-electron chi connectivity index (χ2n) is 7.52. The standard InChI is InChI=1S/C25H24N4O2/c1-17(2)15-26-23-22(25(31)29(27-23)20-12-8-5-9-13-20)14-21-18(3)16-28(24(21)30)19-10-6-4-7-11-19/h4-14,16,30H,1,15H2,2-3H3,(H,26,27)/b22-14+. The van der Waals surface area contributed by atoms with E-state index in [1.165, 1.54) is 5.01 Å². The number of carbonyl (C=O) groups excluding carboxylic acids is 1. The largest absolute Gasteiger partial charge is 0.494 e. The van der Waals surface area contributed by atoms with Gasteiger partial charge in [-0.25, -0.2) is 0 Å². The predicted octanol–water partition coefficient (Wildman–Crippen LogP) is 4.40. The Bertz CT molecular complexity index is 1190. The first-order chi connectivity index (χ1) is 15.0. The lowest BCUT2D eigenvalue weighted by Gasteiger charge is -2.10. The Morgan fingerprint density at radius 2 is 1.71 bits per heavy atom. The van der Waals surface area contributed by atoms with Crippen LogP contribution in [0.3, 0.4) is 0 Å². The molecule has 1 amide bonds. The molecule has 1 aliphatic rings. The van der Waals surface area contributed by atoms with Gasteiger partial charge in [-0.2, -0.15) is 5.01 Å². The first-order valence-corrected chi connectivity index (χ1v) is 10.0. The molecule has 0 aliphatic carbocycles. The van der Waals surface area contributed by atoms with Crippen LogP contribution in [-0.2, 0) is 4.79 Å². The molecule has 0 unspecified atom stereocenters. The van der Waals surface area contributed by atoms with Crippen molar-refractivity contribution >= 4 is 23.5 Å². The number of nitrogens with one attached hydrogen (secondary N) is 1. The lowest BCUT2D eigenvalue weighted by molar-refractivity contribution is -0.114. The molecule has 3 aromatic rings. The summed E-state index contributed by atoms with van der Waals surface area (Å²) in [6.45, 7) is 8.20. The quantitative estimate of drug-likeness (QED) is 0.482. The Morgan fingerprint density at radius 1 is 1.10 bits per heavy atom. The second kappa shape index (κ2) is 8.36. The monoisotopic (exact) mass is 412 g/mol. The van der Waals surface area contributed by atoms with E-state index < -0.39 is 0 Å². The smallest absolute Gasteiger partial charge is 0.282 e. The Hall–Kier alpha value is -4.06. The van der Waals surface area contributed by atoms with Crippen LogP contribution in [0.4, 0.5) is 5.69 Å². The highest BCUT2D eigenvalue weighted by Crippen LogP contribution is 2.31. The summed E-state index contributed by atoms with van der Waals surface area (Å²) < 4.78 is 1.70. The van der Waals surface area contributed by atoms with E-state index in [0.29, 0.717) is 29.2 Å². The Morgan fingerprint density at radius 3 is 2.32 bits per heavy atom. The molecule has 0 saturated carbocycles. The number of hydrogen-bond acceptors (Lipinski definition) is 4. The fourth-order valence-corrected chi connectivity index (χ4v) is 3.39. The van der Waals surface area contributed by atoms with E-state index in [1.54, 1.807) is 10.6 Å². The van der Waals surface area contributed by atoms with Crippen LogP contribution in [-0.4, -0.2) is 28.0 Å². The molecule has 6 heteroatoms. The molecular formula is C25H24N4O2. The normalized spacial score (nSPS) is 14.8. The van der Waals surface area contributed by atoms with Crippen molar-refractivity contribution in [3.8, 4) is 11.6 Å². The second-order valence-corrected chi connectivity index (χ2v) is 7.52. The predicted molar refractivity (Wildman–Crippen MR) is 124 cm³/mol. The molecule has 2 N–H and O–H groups in total. The van der Waals surface area contributed by atoms with Gasteiger partial charge in [0.15, 0.2) is 5.84 Å². The maximum Gasteiger partial charge on any atom is 0.282 e. The number of para-hydroxylation sites is 2. The van der Waals surface area contributed by atoms with E-state index in [4.69, 9.17) is 0 Å². The van der Waals surface area contributed by atoms with Gasteiger partial charge in [0.05, 0.1) is 11.3 Å². The van der Waals surface area contributed by atoms with Gasteiger partial charge in [-0.15, -0.1) is 5.10 Å². The van der Waals surface area contributed by atoms with Gasteiger partial charge in [0.2, 0.25) is 5.88 Å². The first-order valence-electron chi connectivity index (χ1n) is 10.0. The number of nitrogens with zero attached hydrogens (tertiary/aromatic N) is 3. The Balaban J connectivity index is 1.76. The van der Waals surface area contributed by atoms with Crippen molar-refractivity contribution in [1.82, 2.24) is 9.88 Å². The van der Waals surface area contributed by atoms with Gasteiger partial charge >= 0.3 is 0 Å². The first kappa shape index (κ1) is 20.2. The van der Waals surface area contributed by atoms with Gasteiger partial charge < -0.3 is 10.4 Å². The van der Waals surface area contributed by atoms with Crippen LogP contribution >= 0.6 is 0 Å². The third kappa shape index (κ3) is 4.00. The third-order valence-electron chi connectivity index (χ3n) is 4.98. The summed E-state index contributed by atoms with van der Waals surface area (Å²) in [4.78, 5) is 13.3. The highest BCUT2D eigenvalue weighted by Gasteiger charge is 2.32. The van der Waals surface area contributed by atoms with E-state index >= 15 is 0 Å². The number of hydrazone groups is 1. The molecule has 156 valence electrons. The van der Waals surface area contributed by atoms with Crippen LogP contribution in [0.5, 0.6) is 5.88 Å². The van der Waals surface area contributed by atoms with E-state index in [0.717, 1.165) is 16.8 Å². The van der Waals surface area contributed by atoms with Crippen molar-refractivity contribution in [1.29, 1.82) is 0 Å². The number of hydrogen-bond donors (Lipinski definition) is 2. The van der Waals surface area contributed by atoms with Crippen molar-refractivity contribution in [3.63, 3.8) is 0 Å². The van der Waals surface area contributed by atoms with Gasteiger partial charge in [0.25, 0.3) is 5.91 Å². The van der Waals surface area contributed by atoms with Crippen LogP contribution in [0.25, 0.3) is 11.8 Å². The van der Waals surface area contributed by atoms with Gasteiger partial charge in [-0.05, 0) is 49.8 Å². The third-order valence-corrected chi connectivity index (χ3v) is 4.98. The van der Waals surface area contributed by atoms with E-state index in [1.807, 2.05) is 80.7 Å². The van der Waals surface area contributed by atoms with Crippen molar-refractivity contribution in [3.05, 3.63) is 95.7 Å². The molecule has 2 aromatic carbocycles. The Kier molecular flexibility index (Phi) is 5.45. The molecule has 0 fully saturated rings. The summed E-state index contributed by atoms with van der Waals surface area (Å²) in [5, 5.41) is 20.0. The summed E-state index contributed by atoms with van der Waals surface area (Å²) in [6, 6.07) is 18.8. The van der Waals surface area contributed by atoms with Crippen LogP contribution < -0.4 is 10.3 Å². The molecule has 0 spiro atoms. The number of amides is 1. The van der Waals surface area contributed by atoms with Gasteiger partial charge in [0.1, 0.15) is 0 Å². The minimum Gasteiger partial charge on any atom is -0.494 e. The molecular weight excluding hydrogens is 388 g/mol. The molecule has 1 aromatic heterocycles. The highest BCUT2D eigenvalue weighted by atomic mass is 16.3. The maximum atomic E-state index is 13.3. The molecule has 6 nitrogen and oxygen atoms in total. The fourth-order valence-electron chi connectivity index (χ4n) is 3.39. The van der Waals surface area contributed by atoms with Gasteiger partial charge in [-0.3, -0.25) is 9.36 Å². The average molecular weight is 412 g/mol. The number of aromatic hydroxyl groups is 1. The van der Waals surface area contributed by atoms with Crippen molar-refractivity contribution < 1.29 is 9.90 Å². The summed E-state index contributed by atoms with van der Waals surface area (Å²) >= 11 is 0. The average Bonchev–Trinajstić information content (AvgIpc) is 3.24. The van der Waals surface area contributed by atoms with Gasteiger partial charge in [0, 0.05) is 24.0 Å². The number of aromatic nitrogens is 1. The maximum absolute atomic E-state index is 13.3. The lowest BCUT2D eigenvalue weighted by Crippen LogP contribution is -2.26. The molecule has 0 radical (unpaired) electrons. The minimum atomic E-state index is -0.262. The summed E-state index contributed by atoms with van der Waals surface area (Å²) in [5.74, 6) is 0.256. The van der Waals surface area contributed by atoms with Crippen molar-refractivity contribution in [2.75, 3.05) is 11.6 Å². The van der Waals surface area contributed by atoms with Crippen molar-refractivity contribution in [2.24, 2.45) is 5.10 Å².